The van der Waals surface area contributed by atoms with Gasteiger partial charge in [-0.2, -0.15) is 0 Å². The van der Waals surface area contributed by atoms with Crippen LogP contribution in [0, 0.1) is 44.6 Å². The van der Waals surface area contributed by atoms with Gasteiger partial charge in [0.05, 0.1) is 10.6 Å². The summed E-state index contributed by atoms with van der Waals surface area (Å²) in [5.74, 6) is 2.84. The van der Waals surface area contributed by atoms with Crippen molar-refractivity contribution < 1.29 is 19.3 Å². The number of esters is 1. The second kappa shape index (κ2) is 8.51. The number of nitro benzene ring substituents is 1. The third kappa shape index (κ3) is 3.83. The zero-order valence-electron chi connectivity index (χ0n) is 20.2. The fourth-order valence-corrected chi connectivity index (χ4v) is 7.80. The molecule has 0 aromatic heterocycles. The molecule has 5 rings (SSSR count). The van der Waals surface area contributed by atoms with Crippen LogP contribution in [-0.2, 0) is 9.53 Å². The molecule has 4 aliphatic rings. The molecular formula is C27H34N2O5. The lowest BCUT2D eigenvalue weighted by Gasteiger charge is -2.58. The van der Waals surface area contributed by atoms with E-state index in [0.29, 0.717) is 29.4 Å². The number of carbonyl (C=O) groups is 1. The summed E-state index contributed by atoms with van der Waals surface area (Å²) in [7, 11) is 0. The predicted molar refractivity (Wildman–Crippen MR) is 128 cm³/mol. The summed E-state index contributed by atoms with van der Waals surface area (Å²) in [6.45, 7) is 6.33. The Morgan fingerprint density at radius 1 is 1.09 bits per heavy atom. The number of rotatable bonds is 4. The maximum atomic E-state index is 11.7. The summed E-state index contributed by atoms with van der Waals surface area (Å²) >= 11 is 0. The lowest BCUT2D eigenvalue weighted by atomic mass is 9.46. The van der Waals surface area contributed by atoms with Gasteiger partial charge in [-0.25, -0.2) is 0 Å². The van der Waals surface area contributed by atoms with Crippen LogP contribution in [0.2, 0.25) is 0 Å². The number of nitrogens with zero attached hydrogens (tertiary/aromatic N) is 2. The summed E-state index contributed by atoms with van der Waals surface area (Å²) in [6.07, 6.45) is 12.3. The van der Waals surface area contributed by atoms with Crippen LogP contribution in [0.25, 0.3) is 0 Å². The quantitative estimate of drug-likeness (QED) is 0.305. The van der Waals surface area contributed by atoms with Crippen LogP contribution in [0.5, 0.6) is 5.75 Å². The molecule has 4 aliphatic carbocycles. The average molecular weight is 467 g/mol. The lowest BCUT2D eigenvalue weighted by molar-refractivity contribution is -0.384. The molecule has 0 N–H and O–H groups in total. The molecule has 1 unspecified atom stereocenters. The van der Waals surface area contributed by atoms with E-state index >= 15 is 0 Å². The molecule has 0 amide bonds. The Hall–Kier alpha value is -2.70. The number of carbonyl (C=O) groups excluding carboxylic acids is 1. The van der Waals surface area contributed by atoms with Crippen LogP contribution < -0.4 is 4.84 Å². The van der Waals surface area contributed by atoms with E-state index in [1.54, 1.807) is 12.1 Å². The van der Waals surface area contributed by atoms with Crippen molar-refractivity contribution in [2.24, 2.45) is 39.7 Å². The Labute approximate surface area is 200 Å². The Morgan fingerprint density at radius 2 is 1.85 bits per heavy atom. The first kappa shape index (κ1) is 23.1. The van der Waals surface area contributed by atoms with Gasteiger partial charge in [-0.1, -0.05) is 25.1 Å². The summed E-state index contributed by atoms with van der Waals surface area (Å²) in [5.41, 5.74) is 1.22. The van der Waals surface area contributed by atoms with Crippen molar-refractivity contribution in [1.82, 2.24) is 0 Å². The van der Waals surface area contributed by atoms with Gasteiger partial charge >= 0.3 is 5.97 Å². The molecule has 7 atom stereocenters. The fourth-order valence-electron chi connectivity index (χ4n) is 7.80. The molecule has 0 bridgehead atoms. The van der Waals surface area contributed by atoms with Gasteiger partial charge in [0.15, 0.2) is 5.75 Å². The molecule has 0 radical (unpaired) electrons. The van der Waals surface area contributed by atoms with E-state index in [1.165, 1.54) is 38.3 Å². The van der Waals surface area contributed by atoms with E-state index in [4.69, 9.17) is 9.57 Å². The monoisotopic (exact) mass is 466 g/mol. The van der Waals surface area contributed by atoms with E-state index in [9.17, 15) is 14.9 Å². The average Bonchev–Trinajstić information content (AvgIpc) is 3.13. The van der Waals surface area contributed by atoms with Crippen molar-refractivity contribution in [2.75, 3.05) is 0 Å². The standard InChI is InChI=1S/C27H34N2O5/c1-17(30)33-25-11-10-23-22-9-4-18-16-19(28-34-21-7-5-20(6-8-21)29(31)32)12-14-26(18,2)24(22)13-15-27(23,25)3/h5-8,12,14,18,22-25H,4,9-11,13,15-16H2,1-3H3/b28-19+/t18?,22-,23-,24-,25-,26-,27-/m0/s1. The minimum absolute atomic E-state index is 0.0371. The second-order valence-corrected chi connectivity index (χ2v) is 11.2. The number of non-ortho nitro benzene ring substituents is 1. The molecule has 7 nitrogen and oxygen atoms in total. The topological polar surface area (TPSA) is 91.0 Å². The Bertz CT molecular complexity index is 1030. The van der Waals surface area contributed by atoms with Crippen molar-refractivity contribution in [1.29, 1.82) is 0 Å². The Morgan fingerprint density at radius 3 is 2.56 bits per heavy atom. The van der Waals surface area contributed by atoms with E-state index in [1.807, 2.05) is 0 Å². The van der Waals surface area contributed by atoms with E-state index < -0.39 is 4.92 Å². The third-order valence-electron chi connectivity index (χ3n) is 9.59. The number of ether oxygens (including phenoxy) is 1. The summed E-state index contributed by atoms with van der Waals surface area (Å²) in [6, 6.07) is 6.01. The van der Waals surface area contributed by atoms with Crippen LogP contribution >= 0.6 is 0 Å². The highest BCUT2D eigenvalue weighted by atomic mass is 16.6. The van der Waals surface area contributed by atoms with Gasteiger partial charge in [0.2, 0.25) is 0 Å². The molecule has 0 heterocycles. The molecule has 0 aliphatic heterocycles. The maximum Gasteiger partial charge on any atom is 0.302 e. The third-order valence-corrected chi connectivity index (χ3v) is 9.59. The number of allylic oxidation sites excluding steroid dienone is 2. The van der Waals surface area contributed by atoms with Crippen molar-refractivity contribution >= 4 is 17.4 Å². The van der Waals surface area contributed by atoms with Gasteiger partial charge in [-0.15, -0.1) is 0 Å². The molecule has 0 saturated heterocycles. The molecule has 1 aromatic rings. The highest BCUT2D eigenvalue weighted by molar-refractivity contribution is 5.95. The number of nitro groups is 1. The van der Waals surface area contributed by atoms with Gasteiger partial charge in [0, 0.05) is 24.5 Å². The van der Waals surface area contributed by atoms with Gasteiger partial charge in [-0.3, -0.25) is 14.9 Å². The molecule has 0 spiro atoms. The molecule has 182 valence electrons. The SMILES string of the molecule is CC(=O)O[C@H]1CC[C@H]2[C@@H]3CCC4C/C(=N/Oc5ccc([N+](=O)[O-])cc5)C=C[C@]4(C)[C@H]3CC[C@]12C. The van der Waals surface area contributed by atoms with Crippen LogP contribution in [0.1, 0.15) is 65.7 Å². The first-order valence-corrected chi connectivity index (χ1v) is 12.6. The Kier molecular flexibility index (Phi) is 5.77. The van der Waals surface area contributed by atoms with Crippen molar-refractivity contribution in [3.63, 3.8) is 0 Å². The highest BCUT2D eigenvalue weighted by Crippen LogP contribution is 2.65. The normalized spacial score (nSPS) is 39.6. The summed E-state index contributed by atoms with van der Waals surface area (Å²) in [4.78, 5) is 27.7. The van der Waals surface area contributed by atoms with Crippen LogP contribution in [0.4, 0.5) is 5.69 Å². The minimum Gasteiger partial charge on any atom is -0.462 e. The number of hydrogen-bond donors (Lipinski definition) is 0. The zero-order chi connectivity index (χ0) is 24.1. The van der Waals surface area contributed by atoms with Crippen molar-refractivity contribution in [3.05, 3.63) is 46.5 Å². The van der Waals surface area contributed by atoms with Crippen LogP contribution in [0.15, 0.2) is 41.6 Å². The first-order chi connectivity index (χ1) is 16.2. The molecule has 34 heavy (non-hydrogen) atoms. The Balaban J connectivity index is 1.30. The van der Waals surface area contributed by atoms with Gasteiger partial charge in [0.25, 0.3) is 5.69 Å². The van der Waals surface area contributed by atoms with Crippen LogP contribution in [0.3, 0.4) is 0 Å². The van der Waals surface area contributed by atoms with Gasteiger partial charge < -0.3 is 9.57 Å². The van der Waals surface area contributed by atoms with Crippen molar-refractivity contribution in [3.8, 4) is 5.75 Å². The minimum atomic E-state index is -0.424. The van der Waals surface area contributed by atoms with E-state index in [-0.39, 0.29) is 28.6 Å². The zero-order valence-corrected chi connectivity index (χ0v) is 20.2. The molecule has 1 aromatic carbocycles. The second-order valence-electron chi connectivity index (χ2n) is 11.2. The van der Waals surface area contributed by atoms with Crippen molar-refractivity contribution in [2.45, 2.75) is 71.8 Å². The van der Waals surface area contributed by atoms with Crippen LogP contribution in [-0.4, -0.2) is 22.7 Å². The molecular weight excluding hydrogens is 432 g/mol. The number of benzene rings is 1. The molecule has 3 saturated carbocycles. The number of oxime groups is 1. The molecule has 3 fully saturated rings. The number of hydrogen-bond acceptors (Lipinski definition) is 6. The fraction of sp³-hybridized carbons (Fsp3) is 0.630. The van der Waals surface area contributed by atoms with Gasteiger partial charge in [-0.05, 0) is 92.2 Å². The summed E-state index contributed by atoms with van der Waals surface area (Å²) < 4.78 is 5.77. The largest absolute Gasteiger partial charge is 0.462 e. The highest BCUT2D eigenvalue weighted by Gasteiger charge is 2.60. The predicted octanol–water partition coefficient (Wildman–Crippen LogP) is 6.08. The first-order valence-electron chi connectivity index (χ1n) is 12.6. The van der Waals surface area contributed by atoms with E-state index in [2.05, 4.69) is 31.2 Å². The molecule has 7 heteroatoms. The summed E-state index contributed by atoms with van der Waals surface area (Å²) in [5, 5.41) is 15.2. The van der Waals surface area contributed by atoms with E-state index in [0.717, 1.165) is 31.4 Å². The lowest BCUT2D eigenvalue weighted by Crippen LogP contribution is -2.53. The smallest absolute Gasteiger partial charge is 0.302 e. The maximum absolute atomic E-state index is 11.7. The van der Waals surface area contributed by atoms with Gasteiger partial charge in [0.1, 0.15) is 6.10 Å². The number of fused-ring (bicyclic) bond motifs is 5.